The van der Waals surface area contributed by atoms with Crippen LogP contribution in [0.3, 0.4) is 0 Å². The Morgan fingerprint density at radius 2 is 2.21 bits per heavy atom. The van der Waals surface area contributed by atoms with Gasteiger partial charge in [-0.2, -0.15) is 5.26 Å². The van der Waals surface area contributed by atoms with Crippen molar-refractivity contribution in [2.45, 2.75) is 25.4 Å². The third-order valence-corrected chi connectivity index (χ3v) is 4.67. The second kappa shape index (κ2) is 8.50. The van der Waals surface area contributed by atoms with Gasteiger partial charge in [0.05, 0.1) is 18.2 Å². The molecule has 0 N–H and O–H groups in total. The fraction of sp³-hybridized carbons (Fsp3) is 0.412. The summed E-state index contributed by atoms with van der Waals surface area (Å²) in [4.78, 5) is 13.9. The number of hydrogen-bond donors (Lipinski definition) is 0. The van der Waals surface area contributed by atoms with Gasteiger partial charge in [-0.3, -0.25) is 4.79 Å². The van der Waals surface area contributed by atoms with E-state index in [1.54, 1.807) is 4.90 Å². The van der Waals surface area contributed by atoms with Gasteiger partial charge >= 0.3 is 0 Å². The Bertz CT molecular complexity index is 750. The molecule has 1 amide bonds. The summed E-state index contributed by atoms with van der Waals surface area (Å²) in [6.45, 7) is 5.03. The van der Waals surface area contributed by atoms with Crippen molar-refractivity contribution in [3.63, 3.8) is 0 Å². The third-order valence-electron chi connectivity index (χ3n) is 3.66. The number of nitrogens with zero attached hydrogens (tertiary/aromatic N) is 5. The van der Waals surface area contributed by atoms with Crippen molar-refractivity contribution in [2.24, 2.45) is 7.05 Å². The Kier molecular flexibility index (Phi) is 6.38. The summed E-state index contributed by atoms with van der Waals surface area (Å²) in [5.41, 5.74) is 2.17. The van der Waals surface area contributed by atoms with E-state index in [0.29, 0.717) is 30.4 Å². The third kappa shape index (κ3) is 4.36. The number of benzene rings is 1. The smallest absolute Gasteiger partial charge is 0.233 e. The Morgan fingerprint density at radius 1 is 1.42 bits per heavy atom. The number of carbonyl (C=O) groups excluding carboxylic acids is 1. The van der Waals surface area contributed by atoms with E-state index in [1.165, 1.54) is 11.8 Å². The Morgan fingerprint density at radius 3 is 2.88 bits per heavy atom. The predicted octanol–water partition coefficient (Wildman–Crippen LogP) is 2.64. The molecule has 0 saturated heterocycles. The van der Waals surface area contributed by atoms with Crippen molar-refractivity contribution >= 4 is 17.7 Å². The van der Waals surface area contributed by atoms with Gasteiger partial charge in [-0.1, -0.05) is 35.5 Å². The van der Waals surface area contributed by atoms with E-state index >= 15 is 0 Å². The molecule has 0 fully saturated rings. The lowest BCUT2D eigenvalue weighted by atomic mass is 10.1. The highest BCUT2D eigenvalue weighted by Crippen LogP contribution is 2.23. The monoisotopic (exact) mass is 343 g/mol. The van der Waals surface area contributed by atoms with Crippen LogP contribution in [-0.2, 0) is 11.8 Å². The average molecular weight is 343 g/mol. The highest BCUT2D eigenvalue weighted by molar-refractivity contribution is 7.99. The van der Waals surface area contributed by atoms with Crippen molar-refractivity contribution < 1.29 is 4.79 Å². The molecule has 0 radical (unpaired) electrons. The lowest BCUT2D eigenvalue weighted by Gasteiger charge is -2.18. The molecule has 0 atom stereocenters. The molecule has 7 heteroatoms. The van der Waals surface area contributed by atoms with Gasteiger partial charge in [0.1, 0.15) is 0 Å². The molecule has 1 aromatic carbocycles. The highest BCUT2D eigenvalue weighted by Gasteiger charge is 2.16. The van der Waals surface area contributed by atoms with Crippen molar-refractivity contribution in [2.75, 3.05) is 18.8 Å². The van der Waals surface area contributed by atoms with Crippen LogP contribution in [0.2, 0.25) is 0 Å². The van der Waals surface area contributed by atoms with E-state index in [0.717, 1.165) is 17.0 Å². The molecule has 0 aliphatic heterocycles. The van der Waals surface area contributed by atoms with E-state index in [9.17, 15) is 4.79 Å². The molecule has 24 heavy (non-hydrogen) atoms. The number of amides is 1. The first-order valence-corrected chi connectivity index (χ1v) is 8.79. The maximum atomic E-state index is 12.2. The van der Waals surface area contributed by atoms with Crippen molar-refractivity contribution in [3.8, 4) is 17.5 Å². The van der Waals surface area contributed by atoms with Crippen LogP contribution in [0.4, 0.5) is 0 Å². The number of carbonyl (C=O) groups is 1. The molecule has 1 aromatic heterocycles. The minimum absolute atomic E-state index is 0.0119. The van der Waals surface area contributed by atoms with Crippen LogP contribution >= 0.6 is 11.8 Å². The number of rotatable bonds is 7. The van der Waals surface area contributed by atoms with E-state index in [2.05, 4.69) is 22.3 Å². The number of aromatic nitrogens is 3. The van der Waals surface area contributed by atoms with Gasteiger partial charge in [0.25, 0.3) is 0 Å². The van der Waals surface area contributed by atoms with Crippen LogP contribution in [0.15, 0.2) is 29.4 Å². The Hall–Kier alpha value is -2.33. The quantitative estimate of drug-likeness (QED) is 0.723. The Labute approximate surface area is 146 Å². The Balaban J connectivity index is 2.04. The van der Waals surface area contributed by atoms with E-state index in [1.807, 2.05) is 43.7 Å². The van der Waals surface area contributed by atoms with Crippen LogP contribution in [0, 0.1) is 18.3 Å². The van der Waals surface area contributed by atoms with E-state index < -0.39 is 0 Å². The first kappa shape index (κ1) is 18.0. The predicted molar refractivity (Wildman–Crippen MR) is 94.4 cm³/mol. The molecule has 1 heterocycles. The molecule has 6 nitrogen and oxygen atoms in total. The summed E-state index contributed by atoms with van der Waals surface area (Å²) in [5.74, 6) is 1.09. The lowest BCUT2D eigenvalue weighted by Crippen LogP contribution is -2.33. The zero-order valence-electron chi connectivity index (χ0n) is 14.2. The van der Waals surface area contributed by atoms with Crippen LogP contribution in [0.5, 0.6) is 0 Å². The van der Waals surface area contributed by atoms with Gasteiger partial charge < -0.3 is 9.47 Å². The zero-order chi connectivity index (χ0) is 17.5. The molecule has 126 valence electrons. The van der Waals surface area contributed by atoms with Crippen LogP contribution in [-0.4, -0.2) is 44.4 Å². The summed E-state index contributed by atoms with van der Waals surface area (Å²) in [7, 11) is 1.90. The fourth-order valence-electron chi connectivity index (χ4n) is 2.34. The second-order valence-corrected chi connectivity index (χ2v) is 6.35. The first-order chi connectivity index (χ1) is 11.6. The highest BCUT2D eigenvalue weighted by atomic mass is 32.2. The number of nitriles is 1. The number of hydrogen-bond acceptors (Lipinski definition) is 5. The molecule has 0 aliphatic carbocycles. The fourth-order valence-corrected chi connectivity index (χ4v) is 3.15. The minimum Gasteiger partial charge on any atom is -0.341 e. The van der Waals surface area contributed by atoms with Gasteiger partial charge in [0.2, 0.25) is 5.91 Å². The van der Waals surface area contributed by atoms with Crippen molar-refractivity contribution in [3.05, 3.63) is 29.8 Å². The maximum Gasteiger partial charge on any atom is 0.233 e. The summed E-state index contributed by atoms with van der Waals surface area (Å²) >= 11 is 1.37. The molecular weight excluding hydrogens is 322 g/mol. The first-order valence-electron chi connectivity index (χ1n) is 7.80. The maximum absolute atomic E-state index is 12.2. The van der Waals surface area contributed by atoms with Crippen molar-refractivity contribution in [1.82, 2.24) is 19.7 Å². The van der Waals surface area contributed by atoms with Crippen LogP contribution in [0.1, 0.15) is 18.9 Å². The lowest BCUT2D eigenvalue weighted by molar-refractivity contribution is -0.128. The summed E-state index contributed by atoms with van der Waals surface area (Å²) in [6, 6.07) is 10.2. The molecule has 0 unspecified atom stereocenters. The average Bonchev–Trinajstić information content (AvgIpc) is 2.94. The van der Waals surface area contributed by atoms with Gasteiger partial charge in [-0.25, -0.2) is 0 Å². The zero-order valence-corrected chi connectivity index (χ0v) is 15.0. The summed E-state index contributed by atoms with van der Waals surface area (Å²) < 4.78 is 1.90. The molecule has 0 aliphatic rings. The molecule has 2 aromatic rings. The van der Waals surface area contributed by atoms with Crippen LogP contribution < -0.4 is 0 Å². The standard InChI is InChI=1S/C17H21N5OS/c1-4-22(10-6-9-18)15(23)12-24-17-20-19-16(21(17)3)14-8-5-7-13(2)11-14/h5,7-8,11H,4,6,10,12H2,1-3H3. The minimum atomic E-state index is 0.0119. The van der Waals surface area contributed by atoms with E-state index in [4.69, 9.17) is 5.26 Å². The molecule has 0 saturated carbocycles. The second-order valence-electron chi connectivity index (χ2n) is 5.40. The molecule has 0 bridgehead atoms. The summed E-state index contributed by atoms with van der Waals surface area (Å²) in [6.07, 6.45) is 0.353. The van der Waals surface area contributed by atoms with Gasteiger partial charge in [-0.05, 0) is 19.9 Å². The van der Waals surface area contributed by atoms with Crippen LogP contribution in [0.25, 0.3) is 11.4 Å². The molecule has 2 rings (SSSR count). The number of thioether (sulfide) groups is 1. The molecule has 0 spiro atoms. The normalized spacial score (nSPS) is 10.4. The largest absolute Gasteiger partial charge is 0.341 e. The van der Waals surface area contributed by atoms with E-state index in [-0.39, 0.29) is 5.91 Å². The van der Waals surface area contributed by atoms with Gasteiger partial charge in [0.15, 0.2) is 11.0 Å². The molecular formula is C17H21N5OS. The SMILES string of the molecule is CCN(CCC#N)C(=O)CSc1nnc(-c2cccc(C)c2)n1C. The topological polar surface area (TPSA) is 74.8 Å². The van der Waals surface area contributed by atoms with Crippen molar-refractivity contribution in [1.29, 1.82) is 5.26 Å². The number of aryl methyl sites for hydroxylation is 1. The van der Waals surface area contributed by atoms with Gasteiger partial charge in [0, 0.05) is 25.7 Å². The van der Waals surface area contributed by atoms with Gasteiger partial charge in [-0.15, -0.1) is 10.2 Å². The summed E-state index contributed by atoms with van der Waals surface area (Å²) in [5, 5.41) is 17.8.